The lowest BCUT2D eigenvalue weighted by Crippen LogP contribution is -2.39. The van der Waals surface area contributed by atoms with Crippen molar-refractivity contribution >= 4 is 17.3 Å². The molecule has 0 spiro atoms. The Kier molecular flexibility index (Phi) is 14.2. The van der Waals surface area contributed by atoms with Gasteiger partial charge in [-0.1, -0.05) is 65.2 Å². The van der Waals surface area contributed by atoms with Crippen LogP contribution in [-0.2, 0) is 31.0 Å². The molecule has 0 N–H and O–H groups in total. The summed E-state index contributed by atoms with van der Waals surface area (Å²) in [5.74, 6) is 1.95. The third kappa shape index (κ3) is 11.0. The molecule has 8 heteroatoms. The van der Waals surface area contributed by atoms with Gasteiger partial charge in [-0.15, -0.1) is 11.3 Å². The number of hydrogen-bond acceptors (Lipinski definition) is 7. The Labute approximate surface area is 279 Å². The second kappa shape index (κ2) is 18.5. The summed E-state index contributed by atoms with van der Waals surface area (Å²) in [5.41, 5.74) is 3.82. The highest BCUT2D eigenvalue weighted by Crippen LogP contribution is 2.26. The molecule has 0 radical (unpaired) electrons. The van der Waals surface area contributed by atoms with E-state index in [2.05, 4.69) is 89.9 Å². The highest BCUT2D eigenvalue weighted by molar-refractivity contribution is 7.09. The van der Waals surface area contributed by atoms with Gasteiger partial charge in [0.25, 0.3) is 0 Å². The van der Waals surface area contributed by atoms with Crippen LogP contribution in [-0.4, -0.2) is 27.4 Å². The Balaban J connectivity index is 1.33. The molecule has 0 bridgehead atoms. The van der Waals surface area contributed by atoms with Crippen molar-refractivity contribution in [3.05, 3.63) is 106 Å². The molecule has 0 fully saturated rings. The first-order valence-electron chi connectivity index (χ1n) is 16.8. The molecule has 3 aromatic heterocycles. The molecule has 4 rings (SSSR count). The number of benzene rings is 1. The first kappa shape index (κ1) is 35.2. The Morgan fingerprint density at radius 3 is 2.37 bits per heavy atom. The average Bonchev–Trinajstić information content (AvgIpc) is 3.55. The van der Waals surface area contributed by atoms with Crippen LogP contribution in [0.3, 0.4) is 0 Å². The molecule has 46 heavy (non-hydrogen) atoms. The van der Waals surface area contributed by atoms with E-state index in [-0.39, 0.29) is 5.97 Å². The van der Waals surface area contributed by atoms with Crippen LogP contribution < -0.4 is 9.30 Å². The van der Waals surface area contributed by atoms with E-state index in [4.69, 9.17) is 9.47 Å². The van der Waals surface area contributed by atoms with Crippen molar-refractivity contribution in [1.29, 1.82) is 0 Å². The van der Waals surface area contributed by atoms with E-state index in [0.717, 1.165) is 40.8 Å². The van der Waals surface area contributed by atoms with Gasteiger partial charge in [0.1, 0.15) is 17.4 Å². The monoisotopic (exact) mass is 643 g/mol. The highest BCUT2D eigenvalue weighted by atomic mass is 32.1. The molecule has 0 aliphatic carbocycles. The van der Waals surface area contributed by atoms with Gasteiger partial charge >= 0.3 is 5.97 Å². The Hall–Kier alpha value is -3.62. The molecular weight excluding hydrogens is 593 g/mol. The molecule has 0 saturated heterocycles. The number of ether oxygens (including phenoxy) is 2. The molecule has 0 saturated carbocycles. The van der Waals surface area contributed by atoms with Crippen LogP contribution in [0.4, 0.5) is 0 Å². The topological polar surface area (TPSA) is 68.4 Å². The Morgan fingerprint density at radius 1 is 0.935 bits per heavy atom. The minimum Gasteiger partial charge on any atom is -0.489 e. The molecule has 246 valence electrons. The fraction of sp³-hybridized carbons (Fsp3) is 0.474. The van der Waals surface area contributed by atoms with Gasteiger partial charge in [0.05, 0.1) is 13.2 Å². The maximum Gasteiger partial charge on any atom is 0.357 e. The second-order valence-electron chi connectivity index (χ2n) is 12.3. The van der Waals surface area contributed by atoms with Crippen LogP contribution in [0.2, 0.25) is 0 Å². The molecule has 4 aromatic rings. The van der Waals surface area contributed by atoms with Crippen LogP contribution in [0.25, 0.3) is 0 Å². The van der Waals surface area contributed by atoms with Crippen molar-refractivity contribution in [1.82, 2.24) is 14.9 Å². The lowest BCUT2D eigenvalue weighted by molar-refractivity contribution is -0.725. The van der Waals surface area contributed by atoms with Crippen molar-refractivity contribution in [2.75, 3.05) is 6.61 Å². The SMILES string of the molecule is CCCCC(C)C(C)CC(CC)[n+]1ccc(COc2ccc(CN(Cc3cccnc3)Cc3nc(C(=O)OCC)cs3)cc2)cc1. The molecular formula is C38H51N4O3S+. The summed E-state index contributed by atoms with van der Waals surface area (Å²) in [5, 5.41) is 2.64. The quantitative estimate of drug-likeness (QED) is 0.0753. The fourth-order valence-electron chi connectivity index (χ4n) is 5.69. The van der Waals surface area contributed by atoms with E-state index in [9.17, 15) is 4.79 Å². The molecule has 3 heterocycles. The molecule has 3 atom stereocenters. The summed E-state index contributed by atoms with van der Waals surface area (Å²) in [6.07, 6.45) is 14.4. The zero-order chi connectivity index (χ0) is 32.7. The van der Waals surface area contributed by atoms with Gasteiger partial charge in [-0.3, -0.25) is 9.88 Å². The Bertz CT molecular complexity index is 1440. The van der Waals surface area contributed by atoms with E-state index < -0.39 is 0 Å². The number of carbonyl (C=O) groups is 1. The molecule has 7 nitrogen and oxygen atoms in total. The van der Waals surface area contributed by atoms with Crippen LogP contribution in [0.5, 0.6) is 5.75 Å². The van der Waals surface area contributed by atoms with Crippen LogP contribution in [0.1, 0.15) is 105 Å². The molecule has 1 aromatic carbocycles. The van der Waals surface area contributed by atoms with Gasteiger partial charge in [-0.05, 0) is 48.1 Å². The number of rotatable bonds is 19. The first-order valence-corrected chi connectivity index (χ1v) is 17.7. The zero-order valence-electron chi connectivity index (χ0n) is 28.2. The van der Waals surface area contributed by atoms with Crippen LogP contribution in [0.15, 0.2) is 78.7 Å². The number of pyridine rings is 2. The minimum atomic E-state index is -0.378. The van der Waals surface area contributed by atoms with Crippen molar-refractivity contribution < 1.29 is 18.8 Å². The van der Waals surface area contributed by atoms with Crippen molar-refractivity contribution in [3.63, 3.8) is 0 Å². The Morgan fingerprint density at radius 2 is 1.70 bits per heavy atom. The number of aromatic nitrogens is 3. The largest absolute Gasteiger partial charge is 0.489 e. The van der Waals surface area contributed by atoms with Gasteiger partial charge in [0.2, 0.25) is 0 Å². The van der Waals surface area contributed by atoms with Gasteiger partial charge in [0.15, 0.2) is 24.1 Å². The third-order valence-corrected chi connectivity index (χ3v) is 9.54. The summed E-state index contributed by atoms with van der Waals surface area (Å²) in [4.78, 5) is 23.2. The number of thiazole rings is 1. The summed E-state index contributed by atoms with van der Waals surface area (Å²) in [7, 11) is 0. The predicted molar refractivity (Wildman–Crippen MR) is 184 cm³/mol. The van der Waals surface area contributed by atoms with E-state index in [1.807, 2.05) is 24.4 Å². The maximum absolute atomic E-state index is 12.1. The van der Waals surface area contributed by atoms with Gasteiger partial charge < -0.3 is 9.47 Å². The summed E-state index contributed by atoms with van der Waals surface area (Å²) < 4.78 is 13.7. The van der Waals surface area contributed by atoms with Crippen molar-refractivity contribution in [3.8, 4) is 5.75 Å². The van der Waals surface area contributed by atoms with Gasteiger partial charge in [-0.25, -0.2) is 14.3 Å². The lowest BCUT2D eigenvalue weighted by atomic mass is 9.85. The highest BCUT2D eigenvalue weighted by Gasteiger charge is 2.23. The molecule has 0 aliphatic rings. The number of carbonyl (C=O) groups excluding carboxylic acids is 1. The lowest BCUT2D eigenvalue weighted by Gasteiger charge is -2.22. The normalized spacial score (nSPS) is 13.3. The van der Waals surface area contributed by atoms with Gasteiger partial charge in [0, 0.05) is 61.4 Å². The number of esters is 1. The minimum absolute atomic E-state index is 0.335. The second-order valence-corrected chi connectivity index (χ2v) is 13.3. The van der Waals surface area contributed by atoms with E-state index in [1.165, 1.54) is 42.6 Å². The molecule has 3 unspecified atom stereocenters. The van der Waals surface area contributed by atoms with Crippen molar-refractivity contribution in [2.24, 2.45) is 11.8 Å². The van der Waals surface area contributed by atoms with E-state index in [1.54, 1.807) is 18.5 Å². The standard InChI is InChI=1S/C38H51N4O3S/c1-6-9-11-29(4)30(5)22-34(7-2)42-20-17-32(18-21-42)27-45-35-15-13-31(14-16-35)24-41(25-33-12-10-19-39-23-33)26-37-40-36(28-46-37)38(43)44-8-3/h10,12-21,23,28-30,34H,6-9,11,22,24-27H2,1-5H3/q+1. The number of unbranched alkanes of at least 4 members (excludes halogenated alkanes) is 1. The average molecular weight is 644 g/mol. The van der Waals surface area contributed by atoms with Crippen LogP contribution in [0, 0.1) is 11.8 Å². The summed E-state index contributed by atoms with van der Waals surface area (Å²) >= 11 is 1.48. The summed E-state index contributed by atoms with van der Waals surface area (Å²) in [6, 6.07) is 17.2. The summed E-state index contributed by atoms with van der Waals surface area (Å²) in [6.45, 7) is 14.1. The maximum atomic E-state index is 12.1. The number of hydrogen-bond donors (Lipinski definition) is 0. The van der Waals surface area contributed by atoms with Crippen molar-refractivity contribution in [2.45, 2.75) is 99.0 Å². The van der Waals surface area contributed by atoms with E-state index in [0.29, 0.717) is 44.0 Å². The zero-order valence-corrected chi connectivity index (χ0v) is 29.0. The predicted octanol–water partition coefficient (Wildman–Crippen LogP) is 8.59. The third-order valence-electron chi connectivity index (χ3n) is 8.70. The fourth-order valence-corrected chi connectivity index (χ4v) is 6.49. The van der Waals surface area contributed by atoms with Gasteiger partial charge in [-0.2, -0.15) is 0 Å². The smallest absolute Gasteiger partial charge is 0.357 e. The molecule has 0 amide bonds. The number of nitrogens with zero attached hydrogens (tertiary/aromatic N) is 4. The van der Waals surface area contributed by atoms with E-state index >= 15 is 0 Å². The molecule has 0 aliphatic heterocycles. The van der Waals surface area contributed by atoms with Crippen LogP contribution >= 0.6 is 11.3 Å². The first-order chi connectivity index (χ1) is 22.4.